The third-order valence-corrected chi connectivity index (χ3v) is 5.29. The fourth-order valence-corrected chi connectivity index (χ4v) is 4.01. The molecule has 0 radical (unpaired) electrons. The van der Waals surface area contributed by atoms with Crippen molar-refractivity contribution in [2.45, 2.75) is 32.4 Å². The molecule has 118 valence electrons. The van der Waals surface area contributed by atoms with Crippen LogP contribution >= 0.6 is 0 Å². The smallest absolute Gasteiger partial charge is 0.306 e. The molecule has 2 aromatic rings. The molecule has 4 nitrogen and oxygen atoms in total. The third-order valence-electron chi connectivity index (χ3n) is 5.29. The first-order chi connectivity index (χ1) is 11.1. The van der Waals surface area contributed by atoms with Gasteiger partial charge in [-0.1, -0.05) is 36.4 Å². The summed E-state index contributed by atoms with van der Waals surface area (Å²) in [5, 5.41) is 11.5. The minimum atomic E-state index is -0.768. The van der Waals surface area contributed by atoms with E-state index >= 15 is 0 Å². The second-order valence-corrected chi connectivity index (χ2v) is 6.66. The SMILES string of the molecule is O=C(O)C1CCC(C(=O)N2Cc3ccc4ccccc4c3C2)C1. The summed E-state index contributed by atoms with van der Waals surface area (Å²) in [6.07, 6.45) is 1.81. The van der Waals surface area contributed by atoms with Crippen LogP contribution < -0.4 is 0 Å². The van der Waals surface area contributed by atoms with E-state index in [9.17, 15) is 9.59 Å². The fourth-order valence-electron chi connectivity index (χ4n) is 4.01. The summed E-state index contributed by atoms with van der Waals surface area (Å²) in [7, 11) is 0. The lowest BCUT2D eigenvalue weighted by Crippen LogP contribution is -2.31. The molecule has 1 heterocycles. The van der Waals surface area contributed by atoms with Crippen LogP contribution in [-0.2, 0) is 22.7 Å². The van der Waals surface area contributed by atoms with E-state index in [0.717, 1.165) is 0 Å². The van der Waals surface area contributed by atoms with Crippen LogP contribution in [0.2, 0.25) is 0 Å². The molecular weight excluding hydrogens is 290 g/mol. The Balaban J connectivity index is 1.55. The Kier molecular flexibility index (Phi) is 3.33. The highest BCUT2D eigenvalue weighted by atomic mass is 16.4. The standard InChI is InChI=1S/C19H19NO3/c21-18(13-6-7-14(9-13)19(22)23)20-10-15-8-5-12-3-1-2-4-16(12)17(15)11-20/h1-5,8,13-14H,6-7,9-11H2,(H,22,23). The summed E-state index contributed by atoms with van der Waals surface area (Å²) in [5.41, 5.74) is 2.45. The zero-order valence-corrected chi connectivity index (χ0v) is 12.9. The normalized spacial score (nSPS) is 23.2. The summed E-state index contributed by atoms with van der Waals surface area (Å²) in [6, 6.07) is 12.5. The summed E-state index contributed by atoms with van der Waals surface area (Å²) in [5.74, 6) is -1.13. The summed E-state index contributed by atoms with van der Waals surface area (Å²) in [6.45, 7) is 1.29. The Morgan fingerprint density at radius 3 is 2.57 bits per heavy atom. The quantitative estimate of drug-likeness (QED) is 0.927. The predicted molar refractivity (Wildman–Crippen MR) is 86.7 cm³/mol. The molecule has 0 aromatic heterocycles. The molecule has 1 N–H and O–H groups in total. The molecule has 1 aliphatic carbocycles. The third kappa shape index (κ3) is 2.38. The van der Waals surface area contributed by atoms with E-state index in [1.807, 2.05) is 17.0 Å². The maximum Gasteiger partial charge on any atom is 0.306 e. The average Bonchev–Trinajstić information content (AvgIpc) is 3.21. The molecule has 23 heavy (non-hydrogen) atoms. The molecule has 1 fully saturated rings. The van der Waals surface area contributed by atoms with E-state index < -0.39 is 5.97 Å². The van der Waals surface area contributed by atoms with Gasteiger partial charge in [0.15, 0.2) is 0 Å². The van der Waals surface area contributed by atoms with E-state index in [4.69, 9.17) is 5.11 Å². The molecule has 2 aliphatic rings. The van der Waals surface area contributed by atoms with Crippen LogP contribution in [0.25, 0.3) is 10.8 Å². The summed E-state index contributed by atoms with van der Waals surface area (Å²) < 4.78 is 0. The molecular formula is C19H19NO3. The van der Waals surface area contributed by atoms with Crippen LogP contribution in [0, 0.1) is 11.8 Å². The molecule has 0 bridgehead atoms. The number of carboxylic acid groups (broad SMARTS) is 1. The number of rotatable bonds is 2. The van der Waals surface area contributed by atoms with Crippen LogP contribution in [0.5, 0.6) is 0 Å². The van der Waals surface area contributed by atoms with Crippen molar-refractivity contribution >= 4 is 22.6 Å². The Morgan fingerprint density at radius 2 is 1.78 bits per heavy atom. The van der Waals surface area contributed by atoms with Crippen LogP contribution in [0.15, 0.2) is 36.4 Å². The molecule has 0 saturated heterocycles. The van der Waals surface area contributed by atoms with Crippen molar-refractivity contribution in [1.82, 2.24) is 4.90 Å². The number of hydrogen-bond acceptors (Lipinski definition) is 2. The first kappa shape index (κ1) is 14.2. The number of amides is 1. The van der Waals surface area contributed by atoms with E-state index in [0.29, 0.717) is 32.4 Å². The van der Waals surface area contributed by atoms with Crippen LogP contribution in [0.3, 0.4) is 0 Å². The number of carbonyl (C=O) groups is 2. The molecule has 4 rings (SSSR count). The molecule has 2 atom stereocenters. The highest BCUT2D eigenvalue weighted by Crippen LogP contribution is 2.36. The molecule has 2 aromatic carbocycles. The average molecular weight is 309 g/mol. The summed E-state index contributed by atoms with van der Waals surface area (Å²) in [4.78, 5) is 25.7. The number of nitrogens with zero attached hydrogens (tertiary/aromatic N) is 1. The van der Waals surface area contributed by atoms with Crippen LogP contribution in [0.4, 0.5) is 0 Å². The van der Waals surface area contributed by atoms with E-state index in [2.05, 4.69) is 24.3 Å². The molecule has 1 saturated carbocycles. The Labute approximate surface area is 134 Å². The fraction of sp³-hybridized carbons (Fsp3) is 0.368. The van der Waals surface area contributed by atoms with Crippen molar-refractivity contribution in [3.63, 3.8) is 0 Å². The van der Waals surface area contributed by atoms with Crippen molar-refractivity contribution in [3.8, 4) is 0 Å². The number of carbonyl (C=O) groups excluding carboxylic acids is 1. The maximum atomic E-state index is 12.8. The number of hydrogen-bond donors (Lipinski definition) is 1. The summed E-state index contributed by atoms with van der Waals surface area (Å²) >= 11 is 0. The van der Waals surface area contributed by atoms with E-state index in [1.54, 1.807) is 0 Å². The van der Waals surface area contributed by atoms with Gasteiger partial charge >= 0.3 is 5.97 Å². The lowest BCUT2D eigenvalue weighted by molar-refractivity contribution is -0.141. The van der Waals surface area contributed by atoms with Gasteiger partial charge < -0.3 is 10.0 Å². The Morgan fingerprint density at radius 1 is 1.00 bits per heavy atom. The van der Waals surface area contributed by atoms with Gasteiger partial charge in [0.25, 0.3) is 0 Å². The maximum absolute atomic E-state index is 12.8. The van der Waals surface area contributed by atoms with Crippen molar-refractivity contribution < 1.29 is 14.7 Å². The van der Waals surface area contributed by atoms with Gasteiger partial charge in [-0.3, -0.25) is 9.59 Å². The zero-order chi connectivity index (χ0) is 16.0. The second kappa shape index (κ2) is 5.37. The van der Waals surface area contributed by atoms with Crippen molar-refractivity contribution in [2.75, 3.05) is 0 Å². The lowest BCUT2D eigenvalue weighted by atomic mass is 10.0. The number of carboxylic acids is 1. The van der Waals surface area contributed by atoms with E-state index in [1.165, 1.54) is 21.9 Å². The van der Waals surface area contributed by atoms with Crippen molar-refractivity contribution in [1.29, 1.82) is 0 Å². The van der Waals surface area contributed by atoms with Gasteiger partial charge in [0, 0.05) is 19.0 Å². The number of aliphatic carboxylic acids is 1. The molecule has 1 amide bonds. The molecule has 2 unspecified atom stereocenters. The minimum absolute atomic E-state index is 0.119. The van der Waals surface area contributed by atoms with Gasteiger partial charge in [-0.05, 0) is 41.2 Å². The van der Waals surface area contributed by atoms with Gasteiger partial charge in [-0.25, -0.2) is 0 Å². The largest absolute Gasteiger partial charge is 0.481 e. The number of benzene rings is 2. The van der Waals surface area contributed by atoms with Gasteiger partial charge in [0.05, 0.1) is 5.92 Å². The lowest BCUT2D eigenvalue weighted by Gasteiger charge is -2.20. The Bertz CT molecular complexity index is 798. The highest BCUT2D eigenvalue weighted by molar-refractivity contribution is 5.89. The first-order valence-corrected chi connectivity index (χ1v) is 8.14. The van der Waals surface area contributed by atoms with Gasteiger partial charge in [-0.15, -0.1) is 0 Å². The van der Waals surface area contributed by atoms with Gasteiger partial charge in [0.2, 0.25) is 5.91 Å². The second-order valence-electron chi connectivity index (χ2n) is 6.66. The minimum Gasteiger partial charge on any atom is -0.481 e. The monoisotopic (exact) mass is 309 g/mol. The van der Waals surface area contributed by atoms with Crippen LogP contribution in [0.1, 0.15) is 30.4 Å². The predicted octanol–water partition coefficient (Wildman–Crippen LogP) is 3.18. The topological polar surface area (TPSA) is 57.6 Å². The molecule has 0 spiro atoms. The van der Waals surface area contributed by atoms with Crippen molar-refractivity contribution in [3.05, 3.63) is 47.5 Å². The molecule has 4 heteroatoms. The van der Waals surface area contributed by atoms with Crippen molar-refractivity contribution in [2.24, 2.45) is 11.8 Å². The Hall–Kier alpha value is -2.36. The number of fused-ring (bicyclic) bond motifs is 3. The first-order valence-electron chi connectivity index (χ1n) is 8.14. The van der Waals surface area contributed by atoms with E-state index in [-0.39, 0.29) is 17.7 Å². The van der Waals surface area contributed by atoms with Gasteiger partial charge in [0.1, 0.15) is 0 Å². The molecule has 1 aliphatic heterocycles. The van der Waals surface area contributed by atoms with Gasteiger partial charge in [-0.2, -0.15) is 0 Å². The highest BCUT2D eigenvalue weighted by Gasteiger charge is 2.37. The zero-order valence-electron chi connectivity index (χ0n) is 12.9. The van der Waals surface area contributed by atoms with Crippen LogP contribution in [-0.4, -0.2) is 21.9 Å².